The van der Waals surface area contributed by atoms with Crippen LogP contribution in [0.1, 0.15) is 58.8 Å². The zero-order valence-electron chi connectivity index (χ0n) is 12.7. The monoisotopic (exact) mass is 306 g/mol. The first-order chi connectivity index (χ1) is 9.84. The van der Waals surface area contributed by atoms with Gasteiger partial charge in [-0.3, -0.25) is 9.59 Å². The van der Waals surface area contributed by atoms with Gasteiger partial charge >= 0.3 is 11.9 Å². The summed E-state index contributed by atoms with van der Waals surface area (Å²) >= 11 is 0. The molecule has 4 N–H and O–H groups in total. The average molecular weight is 306 g/mol. The molecule has 0 saturated heterocycles. The van der Waals surface area contributed by atoms with E-state index < -0.39 is 18.0 Å². The van der Waals surface area contributed by atoms with Gasteiger partial charge in [0.1, 0.15) is 12.1 Å². The molecule has 0 aliphatic carbocycles. The standard InChI is InChI=1S/C8H17NO2.C5H9NO4/c1-3-4-5-6-7-8(2)11-9-10;6-3(5(9)10)1-2-4(7)8/h8H,3-7H2,1-2H3;3H,1-2,6H2,(H,7,8)(H,9,10). The summed E-state index contributed by atoms with van der Waals surface area (Å²) in [6.07, 6.45) is 5.56. The van der Waals surface area contributed by atoms with Gasteiger partial charge in [-0.05, 0) is 26.2 Å². The Kier molecular flexibility index (Phi) is 15.1. The maximum Gasteiger partial charge on any atom is 0.320 e. The first-order valence-corrected chi connectivity index (χ1v) is 7.03. The Morgan fingerprint density at radius 2 is 1.81 bits per heavy atom. The molecule has 0 heterocycles. The topological polar surface area (TPSA) is 139 Å². The second-order valence-corrected chi connectivity index (χ2v) is 4.72. The molecule has 0 aromatic heterocycles. The zero-order chi connectivity index (χ0) is 16.7. The quantitative estimate of drug-likeness (QED) is 0.302. The number of carboxylic acids is 2. The van der Waals surface area contributed by atoms with Crippen molar-refractivity contribution in [3.8, 4) is 0 Å². The summed E-state index contributed by atoms with van der Waals surface area (Å²) in [7, 11) is 0. The van der Waals surface area contributed by atoms with Crippen LogP contribution in [-0.2, 0) is 14.4 Å². The van der Waals surface area contributed by atoms with Crippen LogP contribution in [0.2, 0.25) is 0 Å². The van der Waals surface area contributed by atoms with Crippen molar-refractivity contribution in [3.63, 3.8) is 0 Å². The average Bonchev–Trinajstić information content (AvgIpc) is 2.42. The molecule has 0 aliphatic rings. The molecule has 0 spiro atoms. The molecule has 0 aliphatic heterocycles. The number of carboxylic acid groups (broad SMARTS) is 2. The minimum Gasteiger partial charge on any atom is -0.481 e. The lowest BCUT2D eigenvalue weighted by Crippen LogP contribution is -2.30. The number of carbonyl (C=O) groups is 2. The van der Waals surface area contributed by atoms with E-state index >= 15 is 0 Å². The molecule has 0 radical (unpaired) electrons. The van der Waals surface area contributed by atoms with Gasteiger partial charge in [-0.15, -0.1) is 4.91 Å². The van der Waals surface area contributed by atoms with E-state index in [1.165, 1.54) is 19.3 Å². The molecule has 2 unspecified atom stereocenters. The van der Waals surface area contributed by atoms with E-state index in [0.717, 1.165) is 12.8 Å². The maximum atomic E-state index is 9.99. The molecule has 0 aromatic carbocycles. The van der Waals surface area contributed by atoms with Crippen molar-refractivity contribution in [2.24, 2.45) is 11.1 Å². The molecule has 0 aromatic rings. The Morgan fingerprint density at radius 3 is 2.24 bits per heavy atom. The van der Waals surface area contributed by atoms with Gasteiger partial charge in [0.2, 0.25) is 0 Å². The predicted molar refractivity (Wildman–Crippen MR) is 77.6 cm³/mol. The molecule has 0 rings (SSSR count). The van der Waals surface area contributed by atoms with Crippen LogP contribution in [0.5, 0.6) is 0 Å². The van der Waals surface area contributed by atoms with Crippen LogP contribution in [0, 0.1) is 4.91 Å². The van der Waals surface area contributed by atoms with Gasteiger partial charge in [0.25, 0.3) is 0 Å². The van der Waals surface area contributed by atoms with Crippen LogP contribution in [0.25, 0.3) is 0 Å². The van der Waals surface area contributed by atoms with E-state index in [4.69, 9.17) is 15.9 Å². The van der Waals surface area contributed by atoms with Crippen molar-refractivity contribution in [1.82, 2.24) is 0 Å². The lowest BCUT2D eigenvalue weighted by Gasteiger charge is -2.05. The number of rotatable bonds is 11. The number of nitrogens with two attached hydrogens (primary N) is 1. The van der Waals surface area contributed by atoms with Crippen molar-refractivity contribution in [2.45, 2.75) is 70.9 Å². The van der Waals surface area contributed by atoms with E-state index in [9.17, 15) is 14.5 Å². The van der Waals surface area contributed by atoms with Gasteiger partial charge in [-0.25, -0.2) is 0 Å². The van der Waals surface area contributed by atoms with Gasteiger partial charge < -0.3 is 20.8 Å². The second-order valence-electron chi connectivity index (χ2n) is 4.72. The van der Waals surface area contributed by atoms with Crippen LogP contribution >= 0.6 is 0 Å². The number of hydrogen-bond acceptors (Lipinski definition) is 6. The SMILES string of the molecule is CCCCCCC(C)ON=O.NC(CCC(=O)O)C(=O)O. The van der Waals surface area contributed by atoms with Crippen LogP contribution in [0.3, 0.4) is 0 Å². The molecule has 0 fully saturated rings. The minimum absolute atomic E-state index is 0.00986. The highest BCUT2D eigenvalue weighted by atomic mass is 16.7. The van der Waals surface area contributed by atoms with Crippen molar-refractivity contribution in [2.75, 3.05) is 0 Å². The molecule has 21 heavy (non-hydrogen) atoms. The van der Waals surface area contributed by atoms with Crippen LogP contribution < -0.4 is 5.73 Å². The van der Waals surface area contributed by atoms with E-state index in [2.05, 4.69) is 17.1 Å². The number of unbranched alkanes of at least 4 members (excludes halogenated alkanes) is 3. The minimum atomic E-state index is -1.17. The highest BCUT2D eigenvalue weighted by Crippen LogP contribution is 2.07. The summed E-state index contributed by atoms with van der Waals surface area (Å²) in [4.78, 5) is 34.0. The highest BCUT2D eigenvalue weighted by Gasteiger charge is 2.12. The fraction of sp³-hybridized carbons (Fsp3) is 0.846. The van der Waals surface area contributed by atoms with Crippen LogP contribution in [-0.4, -0.2) is 34.3 Å². The summed E-state index contributed by atoms with van der Waals surface area (Å²) in [6, 6.07) is -1.06. The Bertz CT molecular complexity index is 298. The third-order valence-electron chi connectivity index (χ3n) is 2.67. The van der Waals surface area contributed by atoms with Gasteiger partial charge in [0.15, 0.2) is 5.34 Å². The fourth-order valence-corrected chi connectivity index (χ4v) is 1.39. The lowest BCUT2D eigenvalue weighted by molar-refractivity contribution is -0.139. The van der Waals surface area contributed by atoms with Crippen LogP contribution in [0.15, 0.2) is 5.34 Å². The van der Waals surface area contributed by atoms with E-state index in [1.807, 2.05) is 6.92 Å². The van der Waals surface area contributed by atoms with E-state index in [-0.39, 0.29) is 18.9 Å². The molecular formula is C13H26N2O6. The molecule has 124 valence electrons. The summed E-state index contributed by atoms with van der Waals surface area (Å²) in [5.74, 6) is -2.20. The van der Waals surface area contributed by atoms with E-state index in [0.29, 0.717) is 0 Å². The molecule has 8 nitrogen and oxygen atoms in total. The van der Waals surface area contributed by atoms with Gasteiger partial charge in [0, 0.05) is 6.42 Å². The molecule has 2 atom stereocenters. The Balaban J connectivity index is 0. The van der Waals surface area contributed by atoms with Gasteiger partial charge in [0.05, 0.1) is 0 Å². The summed E-state index contributed by atoms with van der Waals surface area (Å²) in [6.45, 7) is 4.04. The summed E-state index contributed by atoms with van der Waals surface area (Å²) < 4.78 is 0. The van der Waals surface area contributed by atoms with Crippen molar-refractivity contribution in [1.29, 1.82) is 0 Å². The number of hydrogen-bond donors (Lipinski definition) is 3. The summed E-state index contributed by atoms with van der Waals surface area (Å²) in [5, 5.41) is 18.7. The number of aliphatic carboxylic acids is 2. The Hall–Kier alpha value is -1.70. The first-order valence-electron chi connectivity index (χ1n) is 7.03. The first kappa shape index (κ1) is 21.6. The largest absolute Gasteiger partial charge is 0.481 e. The van der Waals surface area contributed by atoms with Crippen molar-refractivity contribution >= 4 is 11.9 Å². The van der Waals surface area contributed by atoms with E-state index in [1.54, 1.807) is 0 Å². The number of nitrogens with zero attached hydrogens (tertiary/aromatic N) is 1. The highest BCUT2D eigenvalue weighted by molar-refractivity contribution is 5.74. The molecule has 0 saturated carbocycles. The lowest BCUT2D eigenvalue weighted by atomic mass is 10.1. The molecule has 8 heteroatoms. The fourth-order valence-electron chi connectivity index (χ4n) is 1.39. The second kappa shape index (κ2) is 14.7. The normalized spacial score (nSPS) is 12.5. The maximum absolute atomic E-state index is 9.99. The van der Waals surface area contributed by atoms with Crippen LogP contribution in [0.4, 0.5) is 0 Å². The zero-order valence-corrected chi connectivity index (χ0v) is 12.7. The van der Waals surface area contributed by atoms with Gasteiger partial charge in [-0.2, -0.15) is 0 Å². The smallest absolute Gasteiger partial charge is 0.320 e. The van der Waals surface area contributed by atoms with Crippen molar-refractivity contribution < 1.29 is 24.6 Å². The third-order valence-corrected chi connectivity index (χ3v) is 2.67. The summed E-state index contributed by atoms with van der Waals surface area (Å²) in [5.41, 5.74) is 5.00. The van der Waals surface area contributed by atoms with Crippen molar-refractivity contribution in [3.05, 3.63) is 4.91 Å². The van der Waals surface area contributed by atoms with Gasteiger partial charge in [-0.1, -0.05) is 26.2 Å². The Labute approximate surface area is 124 Å². The Morgan fingerprint density at radius 1 is 1.19 bits per heavy atom. The molecule has 0 bridgehead atoms. The molecule has 0 amide bonds. The molecular weight excluding hydrogens is 280 g/mol. The predicted octanol–water partition coefficient (Wildman–Crippen LogP) is 2.31. The third kappa shape index (κ3) is 18.3.